The van der Waals surface area contributed by atoms with E-state index in [2.05, 4.69) is 4.98 Å². The van der Waals surface area contributed by atoms with Gasteiger partial charge in [0.2, 0.25) is 0 Å². The molecule has 7 rings (SSSR count). The number of benzene rings is 1. The van der Waals surface area contributed by atoms with Gasteiger partial charge in [-0.05, 0) is 64.7 Å². The standard InChI is InChI=1S/C32H38F3N5O4/c1-30(2,3)44-29(42)39-10-8-38(9-11-39)28(41)19-15-22-18(13-21(19)33)14-23(36-22)27-20-16-25-31(4,32(25,34)35)17-24(20)40(37-27)26-7-5-6-12-43-26/h13-15,25-26,36H,5-12,16-17H2,1-4H3/t25-,26?,31+/m0/s1. The van der Waals surface area contributed by atoms with E-state index < -0.39 is 40.7 Å². The van der Waals surface area contributed by atoms with Crippen LogP contribution in [0.5, 0.6) is 0 Å². The first-order valence-electron chi connectivity index (χ1n) is 15.5. The van der Waals surface area contributed by atoms with Crippen molar-refractivity contribution >= 4 is 22.9 Å². The van der Waals surface area contributed by atoms with Crippen LogP contribution >= 0.6 is 0 Å². The summed E-state index contributed by atoms with van der Waals surface area (Å²) in [5.41, 5.74) is 1.50. The normalized spacial score (nSPS) is 26.3. The maximum Gasteiger partial charge on any atom is 0.410 e. The minimum Gasteiger partial charge on any atom is -0.444 e. The maximum atomic E-state index is 15.4. The van der Waals surface area contributed by atoms with E-state index in [1.807, 2.05) is 0 Å². The van der Waals surface area contributed by atoms with Crippen LogP contribution in [0.4, 0.5) is 18.0 Å². The number of aromatic amines is 1. The molecular formula is C32H38F3N5O4. The SMILES string of the molecule is CC(C)(C)OC(=O)N1CCN(C(=O)c2cc3[nH]c(-c4nn(C5CCCCO5)c5c4C[C@@H]4C(F)(F)[C@]4(C)C5)cc3cc2F)CC1. The molecule has 3 fully saturated rings. The molecule has 9 nitrogen and oxygen atoms in total. The average Bonchev–Trinajstić information content (AvgIpc) is 3.32. The highest BCUT2D eigenvalue weighted by Crippen LogP contribution is 2.70. The van der Waals surface area contributed by atoms with Crippen molar-refractivity contribution in [1.29, 1.82) is 0 Å². The molecule has 0 bridgehead atoms. The van der Waals surface area contributed by atoms with E-state index in [-0.39, 0.29) is 50.8 Å². The Morgan fingerprint density at radius 3 is 2.50 bits per heavy atom. The maximum absolute atomic E-state index is 15.4. The minimum absolute atomic E-state index is 0.0758. The van der Waals surface area contributed by atoms with E-state index >= 15 is 4.39 Å². The number of hydrogen-bond donors (Lipinski definition) is 1. The molecule has 1 saturated carbocycles. The Balaban J connectivity index is 1.16. The average molecular weight is 614 g/mol. The van der Waals surface area contributed by atoms with Gasteiger partial charge in [0, 0.05) is 72.7 Å². The summed E-state index contributed by atoms with van der Waals surface area (Å²) in [7, 11) is 0. The van der Waals surface area contributed by atoms with Crippen LogP contribution in [0, 0.1) is 17.2 Å². The second-order valence-electron chi connectivity index (χ2n) is 13.9. The molecule has 2 amide bonds. The molecule has 0 radical (unpaired) electrons. The van der Waals surface area contributed by atoms with Gasteiger partial charge in [-0.1, -0.05) is 6.92 Å². The monoisotopic (exact) mass is 613 g/mol. The minimum atomic E-state index is -2.74. The lowest BCUT2D eigenvalue weighted by Gasteiger charge is -2.35. The Morgan fingerprint density at radius 2 is 1.82 bits per heavy atom. The van der Waals surface area contributed by atoms with Crippen LogP contribution in [0.2, 0.25) is 0 Å². The van der Waals surface area contributed by atoms with E-state index in [0.29, 0.717) is 28.9 Å². The number of aromatic nitrogens is 3. The van der Waals surface area contributed by atoms with E-state index in [1.54, 1.807) is 43.3 Å². The Labute approximate surface area is 253 Å². The molecule has 2 aliphatic heterocycles. The number of carbonyl (C=O) groups is 2. The second-order valence-corrected chi connectivity index (χ2v) is 13.9. The third-order valence-corrected chi connectivity index (χ3v) is 9.79. The number of hydrogen-bond acceptors (Lipinski definition) is 5. The highest BCUT2D eigenvalue weighted by atomic mass is 19.3. The van der Waals surface area contributed by atoms with Crippen LogP contribution in [0.3, 0.4) is 0 Å². The van der Waals surface area contributed by atoms with Crippen molar-refractivity contribution in [3.8, 4) is 11.4 Å². The summed E-state index contributed by atoms with van der Waals surface area (Å²) in [6.07, 6.45) is 2.39. The van der Waals surface area contributed by atoms with Crippen LogP contribution < -0.4 is 0 Å². The van der Waals surface area contributed by atoms with Crippen LogP contribution in [-0.2, 0) is 22.3 Å². The van der Waals surface area contributed by atoms with Gasteiger partial charge in [-0.25, -0.2) is 22.6 Å². The number of H-pyrrole nitrogens is 1. The Hall–Kier alpha value is -3.54. The van der Waals surface area contributed by atoms with Crippen LogP contribution in [0.1, 0.15) is 74.8 Å². The van der Waals surface area contributed by atoms with Crippen molar-refractivity contribution in [2.45, 2.75) is 77.6 Å². The van der Waals surface area contributed by atoms with Gasteiger partial charge in [0.05, 0.1) is 11.3 Å². The largest absolute Gasteiger partial charge is 0.444 e. The molecule has 12 heteroatoms. The van der Waals surface area contributed by atoms with Gasteiger partial charge in [0.25, 0.3) is 11.8 Å². The fourth-order valence-corrected chi connectivity index (χ4v) is 7.13. The number of rotatable bonds is 3. The van der Waals surface area contributed by atoms with Crippen molar-refractivity contribution in [2.75, 3.05) is 32.8 Å². The molecule has 236 valence electrons. The molecule has 2 saturated heterocycles. The predicted molar refractivity (Wildman–Crippen MR) is 156 cm³/mol. The van der Waals surface area contributed by atoms with Crippen molar-refractivity contribution in [2.24, 2.45) is 11.3 Å². The summed E-state index contributed by atoms with van der Waals surface area (Å²) in [4.78, 5) is 32.2. The molecule has 4 aliphatic rings. The first kappa shape index (κ1) is 29.2. The van der Waals surface area contributed by atoms with Gasteiger partial charge in [0.1, 0.15) is 23.3 Å². The number of halogens is 3. The fraction of sp³-hybridized carbons (Fsp3) is 0.594. The van der Waals surface area contributed by atoms with E-state index in [4.69, 9.17) is 14.6 Å². The van der Waals surface area contributed by atoms with E-state index in [1.165, 1.54) is 17.0 Å². The number of nitrogens with zero attached hydrogens (tertiary/aromatic N) is 4. The predicted octanol–water partition coefficient (Wildman–Crippen LogP) is 5.93. The first-order valence-corrected chi connectivity index (χ1v) is 15.5. The van der Waals surface area contributed by atoms with Gasteiger partial charge >= 0.3 is 6.09 Å². The number of fused-ring (bicyclic) bond motifs is 3. The zero-order valence-corrected chi connectivity index (χ0v) is 25.5. The number of nitrogens with one attached hydrogen (secondary N) is 1. The number of piperazine rings is 1. The lowest BCUT2D eigenvalue weighted by atomic mass is 9.87. The van der Waals surface area contributed by atoms with Crippen molar-refractivity contribution in [3.05, 3.63) is 40.8 Å². The van der Waals surface area contributed by atoms with E-state index in [0.717, 1.165) is 30.5 Å². The van der Waals surface area contributed by atoms with Gasteiger partial charge in [-0.3, -0.25) is 4.79 Å². The third kappa shape index (κ3) is 4.67. The molecule has 2 aliphatic carbocycles. The van der Waals surface area contributed by atoms with Crippen molar-refractivity contribution < 1.29 is 32.2 Å². The summed E-state index contributed by atoms with van der Waals surface area (Å²) in [6.45, 7) is 8.71. The summed E-state index contributed by atoms with van der Waals surface area (Å²) in [5.74, 6) is -4.60. The number of carbonyl (C=O) groups excluding carboxylic acids is 2. The first-order chi connectivity index (χ1) is 20.8. The smallest absolute Gasteiger partial charge is 0.410 e. The number of alkyl halides is 2. The topological polar surface area (TPSA) is 92.7 Å². The van der Waals surface area contributed by atoms with Crippen molar-refractivity contribution in [3.63, 3.8) is 0 Å². The summed E-state index contributed by atoms with van der Waals surface area (Å²) in [5, 5.41) is 5.47. The van der Waals surface area contributed by atoms with E-state index in [9.17, 15) is 18.4 Å². The molecule has 1 N–H and O–H groups in total. The zero-order chi connectivity index (χ0) is 31.2. The van der Waals surface area contributed by atoms with Crippen LogP contribution in [-0.4, -0.2) is 80.9 Å². The quantitative estimate of drug-likeness (QED) is 0.395. The molecule has 2 aromatic heterocycles. The number of amides is 2. The molecule has 1 aromatic carbocycles. The van der Waals surface area contributed by atoms with Gasteiger partial charge in [-0.15, -0.1) is 0 Å². The van der Waals surface area contributed by atoms with Crippen LogP contribution in [0.25, 0.3) is 22.3 Å². The summed E-state index contributed by atoms with van der Waals surface area (Å²) in [6, 6.07) is 4.58. The molecule has 1 unspecified atom stereocenters. The second kappa shape index (κ2) is 9.98. The number of ether oxygens (including phenoxy) is 2. The lowest BCUT2D eigenvalue weighted by molar-refractivity contribution is -0.0418. The zero-order valence-electron chi connectivity index (χ0n) is 25.5. The third-order valence-electron chi connectivity index (χ3n) is 9.79. The Bertz CT molecular complexity index is 1650. The highest BCUT2D eigenvalue weighted by Gasteiger charge is 2.78. The molecule has 3 atom stereocenters. The Morgan fingerprint density at radius 1 is 1.09 bits per heavy atom. The molecule has 3 aromatic rings. The molecule has 0 spiro atoms. The van der Waals surface area contributed by atoms with Gasteiger partial charge < -0.3 is 24.3 Å². The van der Waals surface area contributed by atoms with Gasteiger partial charge in [-0.2, -0.15) is 5.10 Å². The Kier molecular flexibility index (Phi) is 6.62. The lowest BCUT2D eigenvalue weighted by Crippen LogP contribution is -2.51. The molecule has 4 heterocycles. The summed E-state index contributed by atoms with van der Waals surface area (Å²) >= 11 is 0. The highest BCUT2D eigenvalue weighted by molar-refractivity contribution is 5.99. The van der Waals surface area contributed by atoms with Crippen LogP contribution in [0.15, 0.2) is 18.2 Å². The van der Waals surface area contributed by atoms with Crippen molar-refractivity contribution in [1.82, 2.24) is 24.6 Å². The fourth-order valence-electron chi connectivity index (χ4n) is 7.13. The molecule has 44 heavy (non-hydrogen) atoms. The summed E-state index contributed by atoms with van der Waals surface area (Å²) < 4.78 is 58.4. The molecular weight excluding hydrogens is 575 g/mol. The van der Waals surface area contributed by atoms with Gasteiger partial charge in [0.15, 0.2) is 0 Å².